The van der Waals surface area contributed by atoms with Gasteiger partial charge in [0.1, 0.15) is 30.0 Å². The molecule has 1 N–H and O–H groups in total. The molecule has 2 aliphatic heterocycles. The maximum atomic E-state index is 13.5. The molecule has 3 aliphatic carbocycles. The van der Waals surface area contributed by atoms with E-state index in [0.29, 0.717) is 18.4 Å². The van der Waals surface area contributed by atoms with Gasteiger partial charge >= 0.3 is 17.9 Å². The number of carbonyl (C=O) groups is 3. The lowest BCUT2D eigenvalue weighted by Gasteiger charge is -2.49. The molecular weight excluding hydrogens is 552 g/mol. The SMILES string of the molecule is CCCCC(=O)O[C@H](C)[C@H]1OC(=O)[C@@H](OC)C[C@H]2C=C[C@H]3[C@H]4O[C@]2(/C(C)=C/[C@H]1C)[C@@H]3[C@H](O)[C@@H](C)[C@H]4OC(=O)C1=CC=CC1. The third-order valence-corrected chi connectivity index (χ3v) is 10.2. The zero-order chi connectivity index (χ0) is 31.1. The largest absolute Gasteiger partial charge is 0.459 e. The molecule has 0 aromatic carbocycles. The molecule has 236 valence electrons. The number of ether oxygens (including phenoxy) is 5. The maximum Gasteiger partial charge on any atom is 0.335 e. The molecule has 0 unspecified atom stereocenters. The van der Waals surface area contributed by atoms with Gasteiger partial charge in [-0.2, -0.15) is 0 Å². The van der Waals surface area contributed by atoms with Crippen molar-refractivity contribution in [2.75, 3.05) is 7.11 Å². The summed E-state index contributed by atoms with van der Waals surface area (Å²) in [6, 6.07) is 0. The van der Waals surface area contributed by atoms with E-state index < -0.39 is 54.2 Å². The average molecular weight is 599 g/mol. The molecule has 1 saturated heterocycles. The van der Waals surface area contributed by atoms with E-state index in [-0.39, 0.29) is 42.0 Å². The number of carbonyl (C=O) groups excluding carboxylic acids is 3. The van der Waals surface area contributed by atoms with Crippen LogP contribution < -0.4 is 0 Å². The number of esters is 3. The molecule has 9 nitrogen and oxygen atoms in total. The second-order valence-electron chi connectivity index (χ2n) is 12.9. The van der Waals surface area contributed by atoms with E-state index in [1.807, 2.05) is 45.9 Å². The van der Waals surface area contributed by atoms with Gasteiger partial charge in [0, 0.05) is 48.7 Å². The summed E-state index contributed by atoms with van der Waals surface area (Å²) in [5, 5.41) is 11.9. The minimum atomic E-state index is -0.957. The summed E-state index contributed by atoms with van der Waals surface area (Å²) >= 11 is 0. The number of unbranched alkanes of at least 4 members (excludes halogenated alkanes) is 1. The van der Waals surface area contributed by atoms with Crippen LogP contribution >= 0.6 is 0 Å². The van der Waals surface area contributed by atoms with E-state index in [4.69, 9.17) is 23.7 Å². The first-order chi connectivity index (χ1) is 20.5. The van der Waals surface area contributed by atoms with Gasteiger partial charge in [-0.3, -0.25) is 4.79 Å². The van der Waals surface area contributed by atoms with Gasteiger partial charge in [-0.15, -0.1) is 0 Å². The van der Waals surface area contributed by atoms with Crippen molar-refractivity contribution in [1.82, 2.24) is 0 Å². The van der Waals surface area contributed by atoms with Gasteiger partial charge in [0.15, 0.2) is 6.10 Å². The fraction of sp³-hybridized carbons (Fsp3) is 0.676. The Labute approximate surface area is 254 Å². The molecule has 0 amide bonds. The van der Waals surface area contributed by atoms with Crippen molar-refractivity contribution in [1.29, 1.82) is 0 Å². The van der Waals surface area contributed by atoms with E-state index in [0.717, 1.165) is 18.4 Å². The average Bonchev–Trinajstić information content (AvgIpc) is 3.58. The number of cyclic esters (lactones) is 1. The minimum absolute atomic E-state index is 0.181. The van der Waals surface area contributed by atoms with Crippen LogP contribution in [0.4, 0.5) is 0 Å². The number of rotatable bonds is 8. The molecule has 0 aromatic rings. The highest BCUT2D eigenvalue weighted by atomic mass is 16.6. The van der Waals surface area contributed by atoms with Crippen molar-refractivity contribution in [3.63, 3.8) is 0 Å². The Bertz CT molecular complexity index is 1220. The number of allylic oxidation sites excluding steroid dienone is 3. The Balaban J connectivity index is 1.50. The number of aliphatic hydroxyl groups is 1. The van der Waals surface area contributed by atoms with Crippen LogP contribution in [-0.2, 0) is 38.1 Å². The van der Waals surface area contributed by atoms with E-state index in [1.54, 1.807) is 13.0 Å². The zero-order valence-corrected chi connectivity index (χ0v) is 26.1. The molecule has 5 rings (SSSR count). The molecule has 2 fully saturated rings. The maximum absolute atomic E-state index is 13.5. The predicted molar refractivity (Wildman–Crippen MR) is 157 cm³/mol. The highest BCUT2D eigenvalue weighted by Crippen LogP contribution is 2.61. The topological polar surface area (TPSA) is 118 Å². The number of aliphatic hydroxyl groups excluding tert-OH is 1. The van der Waals surface area contributed by atoms with E-state index in [9.17, 15) is 19.5 Å². The Hall–Kier alpha value is -2.75. The lowest BCUT2D eigenvalue weighted by Crippen LogP contribution is -2.57. The van der Waals surface area contributed by atoms with E-state index >= 15 is 0 Å². The summed E-state index contributed by atoms with van der Waals surface area (Å²) in [6.45, 7) is 9.58. The van der Waals surface area contributed by atoms with Crippen molar-refractivity contribution in [2.24, 2.45) is 29.6 Å². The molecule has 0 radical (unpaired) electrons. The molecule has 0 aromatic heterocycles. The van der Waals surface area contributed by atoms with Crippen LogP contribution in [0, 0.1) is 29.6 Å². The normalized spacial score (nSPS) is 41.8. The van der Waals surface area contributed by atoms with Gasteiger partial charge in [-0.25, -0.2) is 9.59 Å². The smallest absolute Gasteiger partial charge is 0.335 e. The van der Waals surface area contributed by atoms with Gasteiger partial charge in [0.2, 0.25) is 0 Å². The Morgan fingerprint density at radius 1 is 1.23 bits per heavy atom. The third-order valence-electron chi connectivity index (χ3n) is 10.2. The molecule has 43 heavy (non-hydrogen) atoms. The highest BCUT2D eigenvalue weighted by molar-refractivity contribution is 5.90. The molecule has 1 saturated carbocycles. The van der Waals surface area contributed by atoms with Crippen molar-refractivity contribution >= 4 is 17.9 Å². The fourth-order valence-electron chi connectivity index (χ4n) is 7.94. The van der Waals surface area contributed by atoms with Crippen LogP contribution in [-0.4, -0.2) is 72.3 Å². The number of methoxy groups -OCH3 is 1. The zero-order valence-electron chi connectivity index (χ0n) is 26.1. The van der Waals surface area contributed by atoms with Crippen molar-refractivity contribution < 1.29 is 43.2 Å². The minimum Gasteiger partial charge on any atom is -0.459 e. The summed E-state index contributed by atoms with van der Waals surface area (Å²) in [7, 11) is 1.47. The first-order valence-corrected chi connectivity index (χ1v) is 15.8. The van der Waals surface area contributed by atoms with Gasteiger partial charge in [-0.05, 0) is 38.7 Å². The highest BCUT2D eigenvalue weighted by Gasteiger charge is 2.69. The van der Waals surface area contributed by atoms with Gasteiger partial charge < -0.3 is 28.8 Å². The number of hydrogen-bond donors (Lipinski definition) is 1. The molecule has 9 heteroatoms. The molecule has 2 heterocycles. The predicted octanol–water partition coefficient (Wildman–Crippen LogP) is 4.39. The molecule has 1 spiro atoms. The number of hydrogen-bond acceptors (Lipinski definition) is 9. The summed E-state index contributed by atoms with van der Waals surface area (Å²) in [5.41, 5.74) is 0.522. The van der Waals surface area contributed by atoms with Crippen molar-refractivity contribution in [2.45, 2.75) is 109 Å². The summed E-state index contributed by atoms with van der Waals surface area (Å²) in [6.07, 6.45) is 10.1. The van der Waals surface area contributed by atoms with Crippen LogP contribution in [0.1, 0.15) is 66.7 Å². The standard InChI is InChI=1S/C34H46O9/c1-7-8-13-26(35)40-21(5)29-18(2)16-19(3)34-23(17-25(39-6)33(38)41-29)14-15-24-27(34)28(36)20(4)30(31(24)43-34)42-32(37)22-11-9-10-12-22/h9-11,14-16,18,20-21,23-25,27-31,36H,7-8,12-13,17H2,1-6H3/b19-16+/t18-,20-,21-,23-,24-,25+,27+,28-,29+,30-,31-,34+/m1/s1. The van der Waals surface area contributed by atoms with Crippen molar-refractivity contribution in [3.05, 3.63) is 47.6 Å². The summed E-state index contributed by atoms with van der Waals surface area (Å²) < 4.78 is 30.5. The lowest BCUT2D eigenvalue weighted by atomic mass is 9.57. The molecule has 5 aliphatic rings. The van der Waals surface area contributed by atoms with Crippen LogP contribution in [0.3, 0.4) is 0 Å². The van der Waals surface area contributed by atoms with Crippen LogP contribution in [0.25, 0.3) is 0 Å². The molecule has 4 bridgehead atoms. The summed E-state index contributed by atoms with van der Waals surface area (Å²) in [5.74, 6) is -2.77. The van der Waals surface area contributed by atoms with Gasteiger partial charge in [0.25, 0.3) is 0 Å². The quantitative estimate of drug-likeness (QED) is 0.247. The Kier molecular flexibility index (Phi) is 9.35. The van der Waals surface area contributed by atoms with Crippen LogP contribution in [0.2, 0.25) is 0 Å². The van der Waals surface area contributed by atoms with Gasteiger partial charge in [0.05, 0.1) is 6.10 Å². The second kappa shape index (κ2) is 12.7. The van der Waals surface area contributed by atoms with Gasteiger partial charge in [-0.1, -0.05) is 63.6 Å². The third kappa shape index (κ3) is 5.64. The lowest BCUT2D eigenvalue weighted by molar-refractivity contribution is -0.179. The van der Waals surface area contributed by atoms with Crippen molar-refractivity contribution in [3.8, 4) is 0 Å². The van der Waals surface area contributed by atoms with Crippen LogP contribution in [0.15, 0.2) is 47.6 Å². The summed E-state index contributed by atoms with van der Waals surface area (Å²) in [4.78, 5) is 39.0. The molecular formula is C34H46O9. The Morgan fingerprint density at radius 2 is 2.00 bits per heavy atom. The van der Waals surface area contributed by atoms with E-state index in [1.165, 1.54) is 7.11 Å². The second-order valence-corrected chi connectivity index (χ2v) is 12.9. The fourth-order valence-corrected chi connectivity index (χ4v) is 7.94. The molecule has 12 atom stereocenters. The van der Waals surface area contributed by atoms with Crippen LogP contribution in [0.5, 0.6) is 0 Å². The Morgan fingerprint density at radius 3 is 2.67 bits per heavy atom. The monoisotopic (exact) mass is 598 g/mol. The van der Waals surface area contributed by atoms with E-state index in [2.05, 4.69) is 12.2 Å². The first-order valence-electron chi connectivity index (χ1n) is 15.8. The first kappa shape index (κ1) is 31.7.